The third kappa shape index (κ3) is 5.59. The van der Waals surface area contributed by atoms with Crippen molar-refractivity contribution in [2.24, 2.45) is 0 Å². The van der Waals surface area contributed by atoms with Crippen molar-refractivity contribution in [3.05, 3.63) is 118 Å². The van der Waals surface area contributed by atoms with E-state index >= 15 is 0 Å². The lowest BCUT2D eigenvalue weighted by atomic mass is 9.94. The van der Waals surface area contributed by atoms with Gasteiger partial charge in [0.25, 0.3) is 5.56 Å². The predicted molar refractivity (Wildman–Crippen MR) is 166 cm³/mol. The number of nitrogens with zero attached hydrogens (tertiary/aromatic N) is 1. The summed E-state index contributed by atoms with van der Waals surface area (Å²) in [5.41, 5.74) is 2.59. The fourth-order valence-electron chi connectivity index (χ4n) is 5.16. The molecule has 0 radical (unpaired) electrons. The van der Waals surface area contributed by atoms with Crippen LogP contribution < -0.4 is 19.8 Å². The number of carbonyl (C=O) groups is 2. The minimum atomic E-state index is -0.759. The van der Waals surface area contributed by atoms with Crippen molar-refractivity contribution in [1.82, 2.24) is 4.57 Å². The van der Waals surface area contributed by atoms with Crippen LogP contribution in [0.3, 0.4) is 0 Å². The van der Waals surface area contributed by atoms with Gasteiger partial charge in [-0.05, 0) is 72.0 Å². The summed E-state index contributed by atoms with van der Waals surface area (Å²) in [6.45, 7) is 2.15. The van der Waals surface area contributed by atoms with Gasteiger partial charge in [0.1, 0.15) is 29.5 Å². The number of methoxy groups -OCH3 is 4. The van der Waals surface area contributed by atoms with Gasteiger partial charge >= 0.3 is 11.9 Å². The van der Waals surface area contributed by atoms with E-state index in [1.54, 1.807) is 62.8 Å². The van der Waals surface area contributed by atoms with Crippen LogP contribution >= 0.6 is 0 Å². The van der Waals surface area contributed by atoms with Gasteiger partial charge < -0.3 is 23.7 Å². The predicted octanol–water partition coefficient (Wildman–Crippen LogP) is 6.14. The van der Waals surface area contributed by atoms with Crippen LogP contribution in [-0.4, -0.2) is 44.9 Å². The van der Waals surface area contributed by atoms with Gasteiger partial charge in [0.15, 0.2) is 0 Å². The van der Waals surface area contributed by atoms with Crippen LogP contribution in [-0.2, 0) is 16.1 Å². The van der Waals surface area contributed by atoms with Gasteiger partial charge in [0, 0.05) is 11.1 Å². The van der Waals surface area contributed by atoms with E-state index in [1.165, 1.54) is 24.9 Å². The molecule has 0 fully saturated rings. The van der Waals surface area contributed by atoms with Crippen LogP contribution in [0.15, 0.2) is 89.7 Å². The van der Waals surface area contributed by atoms with Crippen LogP contribution in [0.2, 0.25) is 0 Å². The first-order valence-electron chi connectivity index (χ1n) is 13.7. The zero-order valence-electron chi connectivity index (χ0n) is 25.0. The monoisotopic (exact) mass is 593 g/mol. The maximum absolute atomic E-state index is 14.4. The van der Waals surface area contributed by atoms with E-state index in [4.69, 9.17) is 23.7 Å². The second-order valence-corrected chi connectivity index (χ2v) is 9.89. The fourth-order valence-corrected chi connectivity index (χ4v) is 5.16. The molecule has 0 atom stereocenters. The van der Waals surface area contributed by atoms with Crippen LogP contribution in [0.1, 0.15) is 32.0 Å². The summed E-state index contributed by atoms with van der Waals surface area (Å²) in [5.74, 6) is 0.160. The van der Waals surface area contributed by atoms with Gasteiger partial charge in [-0.3, -0.25) is 9.36 Å². The van der Waals surface area contributed by atoms with Crippen LogP contribution in [0.4, 0.5) is 0 Å². The molecule has 0 amide bonds. The van der Waals surface area contributed by atoms with Crippen molar-refractivity contribution >= 4 is 22.7 Å². The first-order chi connectivity index (χ1) is 21.3. The number of fused-ring (bicyclic) bond motifs is 1. The maximum Gasteiger partial charge on any atom is 0.355 e. The lowest BCUT2D eigenvalue weighted by Gasteiger charge is -2.21. The summed E-state index contributed by atoms with van der Waals surface area (Å²) >= 11 is 0. The Labute approximate surface area is 254 Å². The van der Waals surface area contributed by atoms with Crippen molar-refractivity contribution in [1.29, 1.82) is 0 Å². The Bertz CT molecular complexity index is 1900. The van der Waals surface area contributed by atoms with E-state index in [1.807, 2.05) is 37.3 Å². The lowest BCUT2D eigenvalue weighted by molar-refractivity contribution is 0.0587. The number of carbonyl (C=O) groups excluding carboxylic acids is 2. The van der Waals surface area contributed by atoms with Gasteiger partial charge in [0.05, 0.1) is 45.1 Å². The standard InChI is InChI=1S/C35H31NO8/c1-21-29(40-2)17-24(18-30(21)41-3)31-27-15-14-26(44-20-22-10-7-6-8-11-22)19-28(27)33(37)36(32(31)35(39)43-5)25-13-9-12-23(16-25)34(38)42-4/h6-19H,20H2,1-5H3. The number of pyridine rings is 1. The van der Waals surface area contributed by atoms with Gasteiger partial charge in [-0.1, -0.05) is 36.4 Å². The molecule has 0 saturated carbocycles. The third-order valence-electron chi connectivity index (χ3n) is 7.35. The molecule has 0 spiro atoms. The zero-order chi connectivity index (χ0) is 31.4. The topological polar surface area (TPSA) is 102 Å². The Kier molecular flexibility index (Phi) is 8.66. The molecule has 9 heteroatoms. The molecule has 1 heterocycles. The number of hydrogen-bond donors (Lipinski definition) is 0. The molecule has 5 rings (SSSR count). The molecule has 0 aliphatic rings. The van der Waals surface area contributed by atoms with Gasteiger partial charge in [-0.25, -0.2) is 9.59 Å². The fraction of sp³-hybridized carbons (Fsp3) is 0.171. The van der Waals surface area contributed by atoms with E-state index in [2.05, 4.69) is 0 Å². The van der Waals surface area contributed by atoms with Gasteiger partial charge in [-0.2, -0.15) is 0 Å². The van der Waals surface area contributed by atoms with E-state index in [9.17, 15) is 14.4 Å². The minimum absolute atomic E-state index is 0.0436. The molecule has 0 aliphatic carbocycles. The Morgan fingerprint density at radius 3 is 2.05 bits per heavy atom. The number of ether oxygens (including phenoxy) is 5. The number of rotatable bonds is 9. The molecule has 0 aliphatic heterocycles. The summed E-state index contributed by atoms with van der Waals surface area (Å²) in [6, 6.07) is 24.6. The van der Waals surface area contributed by atoms with Crippen molar-refractivity contribution in [2.75, 3.05) is 28.4 Å². The zero-order valence-corrected chi connectivity index (χ0v) is 25.0. The number of hydrogen-bond acceptors (Lipinski definition) is 8. The summed E-state index contributed by atoms with van der Waals surface area (Å²) < 4.78 is 28.7. The summed E-state index contributed by atoms with van der Waals surface area (Å²) in [6.07, 6.45) is 0. The third-order valence-corrected chi connectivity index (χ3v) is 7.35. The first kappa shape index (κ1) is 29.9. The van der Waals surface area contributed by atoms with Crippen LogP contribution in [0, 0.1) is 6.92 Å². The Balaban J connectivity index is 1.86. The quantitative estimate of drug-likeness (QED) is 0.188. The number of esters is 2. The number of aromatic nitrogens is 1. The average Bonchev–Trinajstić information content (AvgIpc) is 3.07. The smallest absolute Gasteiger partial charge is 0.355 e. The first-order valence-corrected chi connectivity index (χ1v) is 13.7. The molecule has 224 valence electrons. The van der Waals surface area contributed by atoms with Crippen LogP contribution in [0.5, 0.6) is 17.2 Å². The largest absolute Gasteiger partial charge is 0.496 e. The molecule has 0 N–H and O–H groups in total. The molecular weight excluding hydrogens is 562 g/mol. The summed E-state index contributed by atoms with van der Waals surface area (Å²) in [4.78, 5) is 40.4. The molecular formula is C35H31NO8. The highest BCUT2D eigenvalue weighted by Crippen LogP contribution is 2.40. The second-order valence-electron chi connectivity index (χ2n) is 9.89. The van der Waals surface area contributed by atoms with Crippen molar-refractivity contribution in [3.8, 4) is 34.1 Å². The highest BCUT2D eigenvalue weighted by molar-refractivity contribution is 6.08. The van der Waals surface area contributed by atoms with Crippen molar-refractivity contribution in [2.45, 2.75) is 13.5 Å². The SMILES string of the molecule is COC(=O)c1cccc(-n2c(C(=O)OC)c(-c3cc(OC)c(C)c(OC)c3)c3ccc(OCc4ccccc4)cc3c2=O)c1. The Morgan fingerprint density at radius 2 is 1.41 bits per heavy atom. The molecule has 1 aromatic heterocycles. The molecule has 0 unspecified atom stereocenters. The molecule has 5 aromatic rings. The Hall–Kier alpha value is -5.57. The van der Waals surface area contributed by atoms with E-state index in [0.717, 1.165) is 11.1 Å². The van der Waals surface area contributed by atoms with Gasteiger partial charge in [-0.15, -0.1) is 0 Å². The normalized spacial score (nSPS) is 10.8. The second kappa shape index (κ2) is 12.7. The molecule has 0 saturated heterocycles. The van der Waals surface area contributed by atoms with Crippen molar-refractivity contribution < 1.29 is 33.3 Å². The lowest BCUT2D eigenvalue weighted by Crippen LogP contribution is -2.27. The highest BCUT2D eigenvalue weighted by Gasteiger charge is 2.27. The summed E-state index contributed by atoms with van der Waals surface area (Å²) in [5, 5.41) is 0.760. The molecule has 9 nitrogen and oxygen atoms in total. The maximum atomic E-state index is 14.4. The van der Waals surface area contributed by atoms with E-state index < -0.39 is 17.5 Å². The van der Waals surface area contributed by atoms with E-state index in [-0.39, 0.29) is 22.3 Å². The Morgan fingerprint density at radius 1 is 0.727 bits per heavy atom. The number of benzene rings is 4. The highest BCUT2D eigenvalue weighted by atomic mass is 16.5. The molecule has 0 bridgehead atoms. The summed E-state index contributed by atoms with van der Waals surface area (Å²) in [7, 11) is 5.60. The molecule has 4 aromatic carbocycles. The minimum Gasteiger partial charge on any atom is -0.496 e. The van der Waals surface area contributed by atoms with Gasteiger partial charge in [0.2, 0.25) is 0 Å². The average molecular weight is 594 g/mol. The van der Waals surface area contributed by atoms with Crippen molar-refractivity contribution in [3.63, 3.8) is 0 Å². The van der Waals surface area contributed by atoms with Crippen LogP contribution in [0.25, 0.3) is 27.6 Å². The molecule has 44 heavy (non-hydrogen) atoms. The van der Waals surface area contributed by atoms with E-state index in [0.29, 0.717) is 40.4 Å².